The van der Waals surface area contributed by atoms with Crippen LogP contribution in [0.2, 0.25) is 0 Å². The van der Waals surface area contributed by atoms with Gasteiger partial charge >= 0.3 is 12.1 Å². The van der Waals surface area contributed by atoms with Crippen LogP contribution in [0.15, 0.2) is 42.5 Å². The molecule has 1 aliphatic carbocycles. The van der Waals surface area contributed by atoms with E-state index in [-0.39, 0.29) is 44.1 Å². The predicted octanol–water partition coefficient (Wildman–Crippen LogP) is 5.95. The van der Waals surface area contributed by atoms with Crippen molar-refractivity contribution in [2.75, 3.05) is 19.8 Å². The first kappa shape index (κ1) is 31.4. The molecule has 2 aliphatic rings. The summed E-state index contributed by atoms with van der Waals surface area (Å²) in [5.74, 6) is -3.70. The van der Waals surface area contributed by atoms with E-state index in [0.717, 1.165) is 11.6 Å². The Hall–Kier alpha value is -3.53. The Kier molecular flexibility index (Phi) is 10.2. The van der Waals surface area contributed by atoms with Gasteiger partial charge in [-0.15, -0.1) is 0 Å². The highest BCUT2D eigenvalue weighted by molar-refractivity contribution is 6.05. The Labute approximate surface area is 245 Å². The fraction of sp³-hybridized carbons (Fsp3) is 0.531. The van der Waals surface area contributed by atoms with Crippen LogP contribution in [0, 0.1) is 17.6 Å². The Morgan fingerprint density at radius 2 is 1.71 bits per heavy atom. The monoisotopic (exact) mass is 587 g/mol. The minimum absolute atomic E-state index is 0.0548. The molecule has 10 heteroatoms. The van der Waals surface area contributed by atoms with Gasteiger partial charge < -0.3 is 18.9 Å². The average Bonchev–Trinajstić information content (AvgIpc) is 3.27. The third kappa shape index (κ3) is 7.85. The molecular formula is C32H39F2NO7. The Balaban J connectivity index is 1.39. The quantitative estimate of drug-likeness (QED) is 0.264. The molecule has 0 spiro atoms. The smallest absolute Gasteiger partial charge is 0.411 e. The number of rotatable bonds is 9. The zero-order valence-corrected chi connectivity index (χ0v) is 24.6. The van der Waals surface area contributed by atoms with Crippen molar-refractivity contribution in [3.63, 3.8) is 0 Å². The highest BCUT2D eigenvalue weighted by atomic mass is 19.1. The lowest BCUT2D eigenvalue weighted by molar-refractivity contribution is -0.150. The van der Waals surface area contributed by atoms with Crippen LogP contribution in [-0.2, 0) is 30.4 Å². The van der Waals surface area contributed by atoms with Crippen LogP contribution in [0.1, 0.15) is 70.4 Å². The van der Waals surface area contributed by atoms with Crippen LogP contribution in [0.5, 0.6) is 5.75 Å². The number of likely N-dealkylation sites (tertiary alicyclic amines) is 1. The molecule has 0 radical (unpaired) electrons. The van der Waals surface area contributed by atoms with Crippen LogP contribution in [-0.4, -0.2) is 60.3 Å². The Morgan fingerprint density at radius 1 is 1.02 bits per heavy atom. The van der Waals surface area contributed by atoms with Gasteiger partial charge in [0.15, 0.2) is 17.3 Å². The van der Waals surface area contributed by atoms with Crippen molar-refractivity contribution in [3.05, 3.63) is 65.2 Å². The van der Waals surface area contributed by atoms with Crippen molar-refractivity contribution in [2.45, 2.75) is 83.6 Å². The summed E-state index contributed by atoms with van der Waals surface area (Å²) in [4.78, 5) is 39.7. The second-order valence-electron chi connectivity index (χ2n) is 11.7. The van der Waals surface area contributed by atoms with Gasteiger partial charge in [0, 0.05) is 18.2 Å². The number of nitrogens with zero attached hydrogens (tertiary/aromatic N) is 1. The van der Waals surface area contributed by atoms with Gasteiger partial charge in [-0.3, -0.25) is 14.5 Å². The van der Waals surface area contributed by atoms with Gasteiger partial charge in [0.1, 0.15) is 30.0 Å². The molecule has 0 N–H and O–H groups in total. The second kappa shape index (κ2) is 13.6. The largest absolute Gasteiger partial charge is 0.486 e. The number of ketones is 1. The molecule has 42 heavy (non-hydrogen) atoms. The second-order valence-corrected chi connectivity index (χ2v) is 11.7. The number of halogens is 2. The molecule has 0 aromatic heterocycles. The van der Waals surface area contributed by atoms with Gasteiger partial charge in [-0.2, -0.15) is 0 Å². The molecule has 2 aromatic rings. The van der Waals surface area contributed by atoms with Gasteiger partial charge in [-0.05, 0) is 70.9 Å². The van der Waals surface area contributed by atoms with Crippen LogP contribution >= 0.6 is 0 Å². The van der Waals surface area contributed by atoms with E-state index < -0.39 is 47.0 Å². The van der Waals surface area contributed by atoms with Gasteiger partial charge in [0.25, 0.3) is 0 Å². The van der Waals surface area contributed by atoms with Crippen LogP contribution in [0.25, 0.3) is 0 Å². The first-order chi connectivity index (χ1) is 20.0. The molecular weight excluding hydrogens is 548 g/mol. The number of carbonyl (C=O) groups is 3. The van der Waals surface area contributed by atoms with Crippen molar-refractivity contribution >= 4 is 17.8 Å². The summed E-state index contributed by atoms with van der Waals surface area (Å²) in [6.07, 6.45) is 1.41. The van der Waals surface area contributed by atoms with Crippen LogP contribution in [0.4, 0.5) is 13.6 Å². The topological polar surface area (TPSA) is 91.4 Å². The molecule has 4 rings (SSSR count). The molecule has 1 saturated carbocycles. The Morgan fingerprint density at radius 3 is 2.36 bits per heavy atom. The first-order valence-corrected chi connectivity index (χ1v) is 14.4. The van der Waals surface area contributed by atoms with Crippen molar-refractivity contribution in [1.82, 2.24) is 4.90 Å². The molecule has 0 bridgehead atoms. The summed E-state index contributed by atoms with van der Waals surface area (Å²) in [7, 11) is 0. The number of amides is 1. The van der Waals surface area contributed by atoms with Gasteiger partial charge in [0.05, 0.1) is 19.3 Å². The summed E-state index contributed by atoms with van der Waals surface area (Å²) in [6.45, 7) is 6.86. The van der Waals surface area contributed by atoms with E-state index in [9.17, 15) is 23.2 Å². The summed E-state index contributed by atoms with van der Waals surface area (Å²) in [5.41, 5.74) is 0.573. The summed E-state index contributed by atoms with van der Waals surface area (Å²) >= 11 is 0. The number of ether oxygens (including phenoxy) is 4. The first-order valence-electron chi connectivity index (χ1n) is 14.4. The van der Waals surface area contributed by atoms with Gasteiger partial charge in [-0.25, -0.2) is 13.6 Å². The number of carbonyl (C=O) groups excluding carboxylic acids is 3. The minimum Gasteiger partial charge on any atom is -0.486 e. The van der Waals surface area contributed by atoms with E-state index in [2.05, 4.69) is 0 Å². The summed E-state index contributed by atoms with van der Waals surface area (Å²) in [6, 6.07) is 10.5. The SMILES string of the molecule is CCOC(=O)C1CN(C(=O)OC(C)(C)C)C(COC2CCC(c3cc(F)cc(F)c3OCc3ccccc3)CC2)C1=O. The van der Waals surface area contributed by atoms with Crippen molar-refractivity contribution in [1.29, 1.82) is 0 Å². The van der Waals surface area contributed by atoms with E-state index >= 15 is 0 Å². The van der Waals surface area contributed by atoms with Crippen molar-refractivity contribution in [3.8, 4) is 5.75 Å². The highest BCUT2D eigenvalue weighted by Gasteiger charge is 2.48. The molecule has 1 aliphatic heterocycles. The standard InChI is InChI=1S/C32H39F2NO7/c1-5-39-30(37)25-17-35(31(38)42-32(2,3)4)27(28(25)36)19-40-23-13-11-21(12-14-23)24-15-22(33)16-26(34)29(24)41-18-20-9-7-6-8-10-20/h6-10,15-16,21,23,25,27H,5,11-14,17-19H2,1-4H3. The minimum atomic E-state index is -1.10. The summed E-state index contributed by atoms with van der Waals surface area (Å²) < 4.78 is 51.5. The van der Waals surface area contributed by atoms with E-state index in [4.69, 9.17) is 18.9 Å². The van der Waals surface area contributed by atoms with Crippen LogP contribution in [0.3, 0.4) is 0 Å². The number of Topliss-reactive ketones (excluding diaryl/α,β-unsaturated/α-hetero) is 1. The van der Waals surface area contributed by atoms with E-state index in [0.29, 0.717) is 31.2 Å². The molecule has 2 atom stereocenters. The Bertz CT molecular complexity index is 1260. The lowest BCUT2D eigenvalue weighted by Gasteiger charge is -2.32. The zero-order valence-electron chi connectivity index (χ0n) is 24.6. The van der Waals surface area contributed by atoms with Gasteiger partial charge in [-0.1, -0.05) is 30.3 Å². The summed E-state index contributed by atoms with van der Waals surface area (Å²) in [5, 5.41) is 0. The molecule has 228 valence electrons. The van der Waals surface area contributed by atoms with E-state index in [1.54, 1.807) is 27.7 Å². The normalized spacial score (nSPS) is 22.6. The van der Waals surface area contributed by atoms with Crippen molar-refractivity contribution < 1.29 is 42.1 Å². The number of hydrogen-bond acceptors (Lipinski definition) is 7. The number of hydrogen-bond donors (Lipinski definition) is 0. The molecule has 2 aromatic carbocycles. The maximum atomic E-state index is 14.8. The predicted molar refractivity (Wildman–Crippen MR) is 150 cm³/mol. The lowest BCUT2D eigenvalue weighted by Crippen LogP contribution is -2.44. The zero-order chi connectivity index (χ0) is 30.4. The highest BCUT2D eigenvalue weighted by Crippen LogP contribution is 2.40. The molecule has 2 fully saturated rings. The van der Waals surface area contributed by atoms with E-state index in [1.807, 2.05) is 30.3 Å². The third-order valence-electron chi connectivity index (χ3n) is 7.49. The number of benzene rings is 2. The van der Waals surface area contributed by atoms with Crippen molar-refractivity contribution in [2.24, 2.45) is 5.92 Å². The molecule has 1 amide bonds. The van der Waals surface area contributed by atoms with Gasteiger partial charge in [0.2, 0.25) is 0 Å². The maximum Gasteiger partial charge on any atom is 0.411 e. The molecule has 1 saturated heterocycles. The molecule has 8 nitrogen and oxygen atoms in total. The third-order valence-corrected chi connectivity index (χ3v) is 7.49. The maximum absolute atomic E-state index is 14.8. The number of esters is 1. The fourth-order valence-corrected chi connectivity index (χ4v) is 5.46. The van der Waals surface area contributed by atoms with E-state index in [1.165, 1.54) is 11.0 Å². The average molecular weight is 588 g/mol. The lowest BCUT2D eigenvalue weighted by atomic mass is 9.82. The van der Waals surface area contributed by atoms with Crippen LogP contribution < -0.4 is 4.74 Å². The molecule has 2 unspecified atom stereocenters. The fourth-order valence-electron chi connectivity index (χ4n) is 5.46. The molecule has 1 heterocycles.